The fourth-order valence-electron chi connectivity index (χ4n) is 2.56. The predicted molar refractivity (Wildman–Crippen MR) is 91.9 cm³/mol. The molecule has 1 aromatic carbocycles. The van der Waals surface area contributed by atoms with E-state index in [-0.39, 0.29) is 10.7 Å². The maximum Gasteiger partial charge on any atom is 0.182 e. The minimum atomic E-state index is -3.37. The Labute approximate surface area is 133 Å². The third kappa shape index (κ3) is 3.96. The van der Waals surface area contributed by atoms with Crippen molar-refractivity contribution in [2.45, 2.75) is 32.7 Å². The lowest BCUT2D eigenvalue weighted by Gasteiger charge is -2.07. The van der Waals surface area contributed by atoms with E-state index in [4.69, 9.17) is 0 Å². The molecule has 0 atom stereocenters. The molecule has 0 radical (unpaired) electrons. The van der Waals surface area contributed by atoms with Gasteiger partial charge in [-0.05, 0) is 43.7 Å². The van der Waals surface area contributed by atoms with Crippen LogP contribution in [0.4, 0.5) is 0 Å². The molecule has 4 heteroatoms. The average molecular weight is 317 g/mol. The van der Waals surface area contributed by atoms with Crippen molar-refractivity contribution in [3.8, 4) is 0 Å². The van der Waals surface area contributed by atoms with E-state index in [1.54, 1.807) is 12.2 Å². The fourth-order valence-corrected chi connectivity index (χ4v) is 3.87. The quantitative estimate of drug-likeness (QED) is 0.779. The summed E-state index contributed by atoms with van der Waals surface area (Å²) in [6, 6.07) is 5.96. The Hall–Kier alpha value is -1.65. The van der Waals surface area contributed by atoms with Gasteiger partial charge in [0.2, 0.25) is 0 Å². The summed E-state index contributed by atoms with van der Waals surface area (Å²) in [6.45, 7) is 9.31. The highest BCUT2D eigenvalue weighted by Gasteiger charge is 2.19. The zero-order valence-electron chi connectivity index (χ0n) is 13.5. The molecule has 0 aliphatic carbocycles. The smallest absolute Gasteiger partial charge is 0.182 e. The highest BCUT2D eigenvalue weighted by Crippen LogP contribution is 2.24. The van der Waals surface area contributed by atoms with Gasteiger partial charge in [-0.2, -0.15) is 0 Å². The van der Waals surface area contributed by atoms with Gasteiger partial charge in [-0.1, -0.05) is 42.5 Å². The molecule has 0 bridgehead atoms. The van der Waals surface area contributed by atoms with Crippen LogP contribution in [-0.4, -0.2) is 20.4 Å². The highest BCUT2D eigenvalue weighted by molar-refractivity contribution is 7.94. The van der Waals surface area contributed by atoms with Gasteiger partial charge in [-0.15, -0.1) is 0 Å². The van der Waals surface area contributed by atoms with E-state index < -0.39 is 9.84 Å². The summed E-state index contributed by atoms with van der Waals surface area (Å²) in [5.41, 5.74) is 4.39. The zero-order valence-corrected chi connectivity index (χ0v) is 14.3. The van der Waals surface area contributed by atoms with Gasteiger partial charge in [0.1, 0.15) is 0 Å². The van der Waals surface area contributed by atoms with E-state index in [1.807, 2.05) is 32.0 Å². The Morgan fingerprint density at radius 2 is 1.91 bits per heavy atom. The molecule has 118 valence electrons. The first-order valence-corrected chi connectivity index (χ1v) is 8.96. The van der Waals surface area contributed by atoms with Gasteiger partial charge in [0.05, 0.1) is 10.7 Å². The van der Waals surface area contributed by atoms with E-state index in [2.05, 4.69) is 18.5 Å². The molecule has 0 aromatic heterocycles. The van der Waals surface area contributed by atoms with E-state index in [9.17, 15) is 8.42 Å². The summed E-state index contributed by atoms with van der Waals surface area (Å²) in [5, 5.41) is 0. The molecule has 1 aliphatic rings. The Balaban J connectivity index is 2.26. The van der Waals surface area contributed by atoms with Crippen LogP contribution in [0.25, 0.3) is 0 Å². The first kappa shape index (κ1) is 16.7. The molecule has 0 saturated heterocycles. The number of nitrogens with zero attached hydrogens (tertiary/aromatic N) is 1. The molecule has 0 spiro atoms. The SMILES string of the molecule is C=C/C(=C\C=C(C)C)S(=O)(=O)Cc1ccc2c(c1)CN(C)C2. The van der Waals surface area contributed by atoms with Crippen molar-refractivity contribution in [2.24, 2.45) is 0 Å². The molecule has 0 saturated carbocycles. The largest absolute Gasteiger partial charge is 0.298 e. The van der Waals surface area contributed by atoms with Crippen LogP contribution in [0.15, 0.2) is 53.5 Å². The zero-order chi connectivity index (χ0) is 16.3. The minimum absolute atomic E-state index is 0.0124. The number of fused-ring (bicyclic) bond motifs is 1. The molecular formula is C18H23NO2S. The molecule has 2 rings (SSSR count). The van der Waals surface area contributed by atoms with Crippen molar-refractivity contribution in [3.05, 3.63) is 70.2 Å². The first-order valence-electron chi connectivity index (χ1n) is 7.31. The van der Waals surface area contributed by atoms with Crippen molar-refractivity contribution in [3.63, 3.8) is 0 Å². The van der Waals surface area contributed by atoms with E-state index in [1.165, 1.54) is 17.2 Å². The van der Waals surface area contributed by atoms with Gasteiger partial charge in [0, 0.05) is 13.1 Å². The molecule has 1 aliphatic heterocycles. The first-order chi connectivity index (χ1) is 10.3. The van der Waals surface area contributed by atoms with Gasteiger partial charge in [0.25, 0.3) is 0 Å². The molecule has 3 nitrogen and oxygen atoms in total. The van der Waals surface area contributed by atoms with Gasteiger partial charge in [0.15, 0.2) is 9.84 Å². The summed E-state index contributed by atoms with van der Waals surface area (Å²) in [7, 11) is -1.30. The lowest BCUT2D eigenvalue weighted by molar-refractivity contribution is 0.353. The van der Waals surface area contributed by atoms with E-state index >= 15 is 0 Å². The topological polar surface area (TPSA) is 37.4 Å². The van der Waals surface area contributed by atoms with Gasteiger partial charge in [-0.3, -0.25) is 4.90 Å². The summed E-state index contributed by atoms with van der Waals surface area (Å²) < 4.78 is 25.1. The molecule has 22 heavy (non-hydrogen) atoms. The van der Waals surface area contributed by atoms with Crippen molar-refractivity contribution < 1.29 is 8.42 Å². The molecule has 0 unspecified atom stereocenters. The van der Waals surface area contributed by atoms with Crippen LogP contribution < -0.4 is 0 Å². The van der Waals surface area contributed by atoms with Crippen LogP contribution in [-0.2, 0) is 28.7 Å². The van der Waals surface area contributed by atoms with Crippen LogP contribution in [0.2, 0.25) is 0 Å². The van der Waals surface area contributed by atoms with E-state index in [0.29, 0.717) is 0 Å². The standard InChI is InChI=1S/C18H23NO2S/c1-5-18(9-6-14(2)3)22(20,21)13-15-7-8-16-11-19(4)12-17(16)10-15/h5-10H,1,11-13H2,2-4H3/b18-9+. The minimum Gasteiger partial charge on any atom is -0.298 e. The lowest BCUT2D eigenvalue weighted by Crippen LogP contribution is -2.07. The highest BCUT2D eigenvalue weighted by atomic mass is 32.2. The van der Waals surface area contributed by atoms with Gasteiger partial charge in [-0.25, -0.2) is 8.42 Å². The molecular weight excluding hydrogens is 294 g/mol. The summed E-state index contributed by atoms with van der Waals surface area (Å²) in [5.74, 6) is 0.0124. The molecule has 0 N–H and O–H groups in total. The fraction of sp³-hybridized carbons (Fsp3) is 0.333. The Morgan fingerprint density at radius 1 is 1.23 bits per heavy atom. The normalized spacial score (nSPS) is 15.5. The average Bonchev–Trinajstić information content (AvgIpc) is 2.77. The number of benzene rings is 1. The summed E-state index contributed by atoms with van der Waals surface area (Å²) in [6.07, 6.45) is 4.83. The second-order valence-electron chi connectivity index (χ2n) is 6.05. The van der Waals surface area contributed by atoms with Crippen molar-refractivity contribution in [1.82, 2.24) is 4.90 Å². The summed E-state index contributed by atoms with van der Waals surface area (Å²) >= 11 is 0. The number of hydrogen-bond donors (Lipinski definition) is 0. The predicted octanol–water partition coefficient (Wildman–Crippen LogP) is 3.58. The second-order valence-corrected chi connectivity index (χ2v) is 8.04. The number of sulfone groups is 1. The third-order valence-corrected chi connectivity index (χ3v) is 5.38. The lowest BCUT2D eigenvalue weighted by atomic mass is 10.1. The summed E-state index contributed by atoms with van der Waals surface area (Å²) in [4.78, 5) is 2.48. The molecule has 1 aromatic rings. The monoisotopic (exact) mass is 317 g/mol. The molecule has 1 heterocycles. The maximum atomic E-state index is 12.5. The second kappa shape index (κ2) is 6.63. The van der Waals surface area contributed by atoms with Crippen LogP contribution >= 0.6 is 0 Å². The number of allylic oxidation sites excluding steroid dienone is 4. The number of rotatable bonds is 5. The van der Waals surface area contributed by atoms with Gasteiger partial charge < -0.3 is 0 Å². The Kier molecular flexibility index (Phi) is 5.04. The number of hydrogen-bond acceptors (Lipinski definition) is 3. The Morgan fingerprint density at radius 3 is 2.55 bits per heavy atom. The van der Waals surface area contributed by atoms with Crippen LogP contribution in [0.1, 0.15) is 30.5 Å². The van der Waals surface area contributed by atoms with Crippen LogP contribution in [0.5, 0.6) is 0 Å². The van der Waals surface area contributed by atoms with Crippen molar-refractivity contribution >= 4 is 9.84 Å². The molecule has 0 amide bonds. The maximum absolute atomic E-state index is 12.5. The van der Waals surface area contributed by atoms with Crippen LogP contribution in [0, 0.1) is 0 Å². The van der Waals surface area contributed by atoms with Gasteiger partial charge >= 0.3 is 0 Å². The van der Waals surface area contributed by atoms with Crippen molar-refractivity contribution in [2.75, 3.05) is 7.05 Å². The molecule has 0 fully saturated rings. The Bertz CT molecular complexity index is 738. The van der Waals surface area contributed by atoms with Crippen molar-refractivity contribution in [1.29, 1.82) is 0 Å². The third-order valence-electron chi connectivity index (χ3n) is 3.65. The van der Waals surface area contributed by atoms with Crippen LogP contribution in [0.3, 0.4) is 0 Å². The van der Waals surface area contributed by atoms with E-state index in [0.717, 1.165) is 24.2 Å².